The highest BCUT2D eigenvalue weighted by atomic mass is 35.5. The first-order valence-electron chi connectivity index (χ1n) is 9.91. The first-order chi connectivity index (χ1) is 16.8. The Morgan fingerprint density at radius 2 is 1.63 bits per heavy atom. The van der Waals surface area contributed by atoms with Gasteiger partial charge >= 0.3 is 17.8 Å². The lowest BCUT2D eigenvalue weighted by Crippen LogP contribution is -2.32. The Morgan fingerprint density at radius 1 is 0.886 bits per heavy atom. The van der Waals surface area contributed by atoms with Gasteiger partial charge in [-0.05, 0) is 36.4 Å². The van der Waals surface area contributed by atoms with Crippen LogP contribution in [0.1, 0.15) is 15.2 Å². The molecule has 0 saturated heterocycles. The van der Waals surface area contributed by atoms with E-state index < -0.39 is 17.8 Å². The number of thiophene rings is 1. The molecule has 0 radical (unpaired) electrons. The van der Waals surface area contributed by atoms with Crippen LogP contribution in [0.5, 0.6) is 5.75 Å². The third-order valence-electron chi connectivity index (χ3n) is 4.60. The number of hydrogen-bond acceptors (Lipinski definition) is 6. The van der Waals surface area contributed by atoms with E-state index in [1.54, 1.807) is 24.3 Å². The summed E-state index contributed by atoms with van der Waals surface area (Å²) in [6.07, 6.45) is 1.25. The Kier molecular flexibility index (Phi) is 7.67. The Labute approximate surface area is 218 Å². The fourth-order valence-corrected chi connectivity index (χ4v) is 4.63. The number of nitrogens with one attached hydrogen (secondary N) is 2. The fourth-order valence-electron chi connectivity index (χ4n) is 2.94. The summed E-state index contributed by atoms with van der Waals surface area (Å²) in [5.41, 5.74) is 2.80. The Morgan fingerprint density at radius 3 is 2.40 bits per heavy atom. The van der Waals surface area contributed by atoms with E-state index in [9.17, 15) is 14.4 Å². The average Bonchev–Trinajstić information content (AvgIpc) is 3.19. The number of nitrogens with zero attached hydrogens (tertiary/aromatic N) is 1. The normalized spacial score (nSPS) is 10.9. The van der Waals surface area contributed by atoms with Crippen LogP contribution < -0.4 is 15.5 Å². The highest BCUT2D eigenvalue weighted by molar-refractivity contribution is 7.21. The van der Waals surface area contributed by atoms with E-state index in [2.05, 4.69) is 15.8 Å². The summed E-state index contributed by atoms with van der Waals surface area (Å²) in [4.78, 5) is 37.2. The van der Waals surface area contributed by atoms with E-state index in [1.807, 2.05) is 24.3 Å². The van der Waals surface area contributed by atoms with Crippen molar-refractivity contribution in [2.24, 2.45) is 5.10 Å². The number of rotatable bonds is 5. The highest BCUT2D eigenvalue weighted by Crippen LogP contribution is 2.36. The van der Waals surface area contributed by atoms with Gasteiger partial charge in [-0.15, -0.1) is 11.3 Å². The molecule has 4 rings (SSSR count). The maximum absolute atomic E-state index is 12.8. The molecule has 35 heavy (non-hydrogen) atoms. The molecule has 0 bridgehead atoms. The number of carbonyl (C=O) groups is 3. The predicted molar refractivity (Wildman–Crippen MR) is 139 cm³/mol. The number of fused-ring (bicyclic) bond motifs is 1. The van der Waals surface area contributed by atoms with Crippen LogP contribution in [0.2, 0.25) is 15.1 Å². The first-order valence-corrected chi connectivity index (χ1v) is 11.9. The zero-order valence-corrected chi connectivity index (χ0v) is 20.6. The van der Waals surface area contributed by atoms with E-state index in [0.717, 1.165) is 10.1 Å². The number of benzene rings is 3. The SMILES string of the molecule is O=C(N/N=C\c1ccccc1OC(=O)c1sc2ccccc2c1Cl)C(=O)Nc1ccc(Cl)c(Cl)c1. The second-order valence-corrected chi connectivity index (χ2v) is 9.20. The van der Waals surface area contributed by atoms with Crippen LogP contribution in [0.25, 0.3) is 10.1 Å². The molecule has 0 aliphatic heterocycles. The van der Waals surface area contributed by atoms with Crippen molar-refractivity contribution in [1.29, 1.82) is 0 Å². The van der Waals surface area contributed by atoms with Crippen molar-refractivity contribution in [3.8, 4) is 5.75 Å². The molecule has 0 aliphatic carbocycles. The molecular formula is C24H14Cl3N3O4S. The Bertz CT molecular complexity index is 1490. The molecule has 11 heteroatoms. The van der Waals surface area contributed by atoms with Gasteiger partial charge in [0, 0.05) is 21.3 Å². The third-order valence-corrected chi connectivity index (χ3v) is 6.99. The van der Waals surface area contributed by atoms with Crippen LogP contribution in [-0.2, 0) is 9.59 Å². The number of hydrazone groups is 1. The Hall–Kier alpha value is -3.43. The second-order valence-electron chi connectivity index (χ2n) is 6.95. The zero-order chi connectivity index (χ0) is 24.9. The fraction of sp³-hybridized carbons (Fsp3) is 0. The van der Waals surface area contributed by atoms with Gasteiger partial charge in [0.1, 0.15) is 10.6 Å². The minimum absolute atomic E-state index is 0.198. The van der Waals surface area contributed by atoms with Gasteiger partial charge in [0.05, 0.1) is 21.3 Å². The number of ether oxygens (including phenoxy) is 1. The molecule has 3 aromatic carbocycles. The summed E-state index contributed by atoms with van der Waals surface area (Å²) in [5.74, 6) is -2.40. The van der Waals surface area contributed by atoms with Crippen molar-refractivity contribution >= 4 is 85.9 Å². The topological polar surface area (TPSA) is 96.9 Å². The summed E-state index contributed by atoms with van der Waals surface area (Å²) >= 11 is 19.3. The zero-order valence-electron chi connectivity index (χ0n) is 17.6. The van der Waals surface area contributed by atoms with E-state index in [4.69, 9.17) is 39.5 Å². The molecular weight excluding hydrogens is 533 g/mol. The van der Waals surface area contributed by atoms with Crippen LogP contribution in [0.3, 0.4) is 0 Å². The monoisotopic (exact) mass is 545 g/mol. The number of anilines is 1. The van der Waals surface area contributed by atoms with Gasteiger partial charge in [0.15, 0.2) is 0 Å². The summed E-state index contributed by atoms with van der Waals surface area (Å²) < 4.78 is 6.39. The number of hydrogen-bond donors (Lipinski definition) is 2. The van der Waals surface area contributed by atoms with Crippen molar-refractivity contribution in [2.75, 3.05) is 5.32 Å². The number of amides is 2. The molecule has 1 aromatic heterocycles. The third kappa shape index (κ3) is 5.80. The van der Waals surface area contributed by atoms with Crippen molar-refractivity contribution in [3.63, 3.8) is 0 Å². The van der Waals surface area contributed by atoms with Gasteiger partial charge in [-0.25, -0.2) is 10.2 Å². The summed E-state index contributed by atoms with van der Waals surface area (Å²) in [5, 5.41) is 7.79. The Balaban J connectivity index is 1.42. The molecule has 1 heterocycles. The molecule has 2 N–H and O–H groups in total. The molecule has 0 aliphatic rings. The van der Waals surface area contributed by atoms with Crippen LogP contribution in [-0.4, -0.2) is 24.0 Å². The molecule has 0 unspecified atom stereocenters. The van der Waals surface area contributed by atoms with Crippen LogP contribution in [0.15, 0.2) is 71.8 Å². The summed E-state index contributed by atoms with van der Waals surface area (Å²) in [7, 11) is 0. The van der Waals surface area contributed by atoms with Crippen molar-refractivity contribution in [1.82, 2.24) is 5.43 Å². The van der Waals surface area contributed by atoms with Gasteiger partial charge in [-0.3, -0.25) is 9.59 Å². The van der Waals surface area contributed by atoms with Crippen LogP contribution in [0, 0.1) is 0 Å². The quantitative estimate of drug-likeness (QED) is 0.103. The lowest BCUT2D eigenvalue weighted by molar-refractivity contribution is -0.136. The lowest BCUT2D eigenvalue weighted by Gasteiger charge is -2.07. The van der Waals surface area contributed by atoms with Crippen molar-refractivity contribution < 1.29 is 19.1 Å². The maximum atomic E-state index is 12.8. The number of carbonyl (C=O) groups excluding carboxylic acids is 3. The maximum Gasteiger partial charge on any atom is 0.355 e. The molecule has 0 fully saturated rings. The number of esters is 1. The van der Waals surface area contributed by atoms with Gasteiger partial charge in [-0.1, -0.05) is 65.1 Å². The average molecular weight is 547 g/mol. The van der Waals surface area contributed by atoms with Gasteiger partial charge in [0.2, 0.25) is 0 Å². The molecule has 0 atom stereocenters. The van der Waals surface area contributed by atoms with Crippen molar-refractivity contribution in [2.45, 2.75) is 0 Å². The van der Waals surface area contributed by atoms with Crippen LogP contribution >= 0.6 is 46.1 Å². The minimum atomic E-state index is -1.01. The minimum Gasteiger partial charge on any atom is -0.422 e. The second kappa shape index (κ2) is 10.9. The molecule has 7 nitrogen and oxygen atoms in total. The molecule has 2 amide bonds. The summed E-state index contributed by atoms with van der Waals surface area (Å²) in [6, 6.07) is 18.3. The van der Waals surface area contributed by atoms with Gasteiger partial charge in [-0.2, -0.15) is 5.10 Å². The van der Waals surface area contributed by atoms with E-state index in [0.29, 0.717) is 21.3 Å². The highest BCUT2D eigenvalue weighted by Gasteiger charge is 2.20. The molecule has 0 saturated carbocycles. The molecule has 0 spiro atoms. The van der Waals surface area contributed by atoms with E-state index in [1.165, 1.54) is 35.8 Å². The number of para-hydroxylation sites is 1. The standard InChI is InChI=1S/C24H14Cl3N3O4S/c25-16-10-9-14(11-17(16)26)29-22(31)23(32)30-28-12-13-5-1-3-7-18(13)34-24(33)21-20(27)15-6-2-4-8-19(15)35-21/h1-12H,(H,29,31)(H,30,32)/b28-12-. The molecule has 4 aromatic rings. The largest absolute Gasteiger partial charge is 0.422 e. The predicted octanol–water partition coefficient (Wildman–Crippen LogP) is 6.17. The van der Waals surface area contributed by atoms with E-state index in [-0.39, 0.29) is 15.6 Å². The van der Waals surface area contributed by atoms with Crippen LogP contribution in [0.4, 0.5) is 5.69 Å². The lowest BCUT2D eigenvalue weighted by atomic mass is 10.2. The van der Waals surface area contributed by atoms with Gasteiger partial charge in [0.25, 0.3) is 0 Å². The van der Waals surface area contributed by atoms with Crippen molar-refractivity contribution in [3.05, 3.63) is 92.2 Å². The summed E-state index contributed by atoms with van der Waals surface area (Å²) in [6.45, 7) is 0. The number of halogens is 3. The van der Waals surface area contributed by atoms with Gasteiger partial charge < -0.3 is 10.1 Å². The first kappa shape index (κ1) is 24.7. The molecule has 176 valence electrons. The van der Waals surface area contributed by atoms with E-state index >= 15 is 0 Å². The smallest absolute Gasteiger partial charge is 0.355 e.